The van der Waals surface area contributed by atoms with E-state index in [0.717, 1.165) is 28.7 Å². The van der Waals surface area contributed by atoms with Gasteiger partial charge in [-0.15, -0.1) is 0 Å². The van der Waals surface area contributed by atoms with Crippen molar-refractivity contribution in [3.63, 3.8) is 0 Å². The summed E-state index contributed by atoms with van der Waals surface area (Å²) in [6.45, 7) is 7.41. The summed E-state index contributed by atoms with van der Waals surface area (Å²) in [4.78, 5) is 19.4. The second kappa shape index (κ2) is 9.56. The molecule has 1 aromatic heterocycles. The van der Waals surface area contributed by atoms with Crippen LogP contribution in [0, 0.1) is 20.8 Å². The molecule has 1 aliphatic heterocycles. The number of pyridine rings is 1. The molecule has 8 heteroatoms. The van der Waals surface area contributed by atoms with Crippen LogP contribution in [0.25, 0.3) is 0 Å². The lowest BCUT2D eigenvalue weighted by Crippen LogP contribution is -2.49. The number of carbonyl (C=O) groups is 1. The van der Waals surface area contributed by atoms with Gasteiger partial charge in [0.15, 0.2) is 5.03 Å². The molecular formula is C26H30N4O3S. The fourth-order valence-electron chi connectivity index (χ4n) is 4.70. The molecule has 1 aliphatic rings. The third-order valence-corrected chi connectivity index (χ3v) is 7.65. The molecule has 0 spiro atoms. The quantitative estimate of drug-likeness (QED) is 0.584. The molecule has 0 radical (unpaired) electrons. The summed E-state index contributed by atoms with van der Waals surface area (Å²) < 4.78 is 28.1. The zero-order valence-corrected chi connectivity index (χ0v) is 20.5. The maximum Gasteiger partial charge on any atom is 0.281 e. The van der Waals surface area contributed by atoms with E-state index < -0.39 is 22.0 Å². The standard InChI is InChI=1S/C26H30N4O3S/c1-17-13-18(2)22(19(3)14-17)16-30-12-11-20-7-4-5-8-21(20)15-23(30)26(31)29-34(32,33)25-10-6-9-24(27)28-25/h4-10,13-14,23H,11-12,15-16H2,1-3H3,(H2,27,28)(H,29,31). The lowest BCUT2D eigenvalue weighted by Gasteiger charge is -2.30. The number of rotatable bonds is 5. The highest BCUT2D eigenvalue weighted by Crippen LogP contribution is 2.25. The average Bonchev–Trinajstić information content (AvgIpc) is 2.95. The Kier molecular flexibility index (Phi) is 6.72. The minimum atomic E-state index is -4.16. The van der Waals surface area contributed by atoms with Gasteiger partial charge in [-0.25, -0.2) is 9.71 Å². The molecule has 1 amide bonds. The maximum absolute atomic E-state index is 13.5. The van der Waals surface area contributed by atoms with Crippen molar-refractivity contribution in [2.75, 3.05) is 12.3 Å². The van der Waals surface area contributed by atoms with E-state index in [2.05, 4.69) is 53.6 Å². The Morgan fingerprint density at radius 3 is 2.41 bits per heavy atom. The normalized spacial score (nSPS) is 16.5. The lowest BCUT2D eigenvalue weighted by molar-refractivity contribution is -0.124. The second-order valence-corrected chi connectivity index (χ2v) is 10.6. The SMILES string of the molecule is Cc1cc(C)c(CN2CCc3ccccc3CC2C(=O)NS(=O)(=O)c2cccc(N)n2)c(C)c1. The zero-order chi connectivity index (χ0) is 24.5. The number of fused-ring (bicyclic) bond motifs is 1. The van der Waals surface area contributed by atoms with Gasteiger partial charge >= 0.3 is 0 Å². The van der Waals surface area contributed by atoms with E-state index in [0.29, 0.717) is 19.5 Å². The first kappa shape index (κ1) is 23.9. The summed E-state index contributed by atoms with van der Waals surface area (Å²) in [5, 5.41) is -0.272. The maximum atomic E-state index is 13.5. The Balaban J connectivity index is 1.67. The number of nitrogens with zero attached hydrogens (tertiary/aromatic N) is 2. The van der Waals surface area contributed by atoms with Gasteiger partial charge in [0.05, 0.1) is 6.04 Å². The van der Waals surface area contributed by atoms with E-state index in [1.165, 1.54) is 29.3 Å². The molecule has 1 unspecified atom stereocenters. The van der Waals surface area contributed by atoms with Gasteiger partial charge in [-0.1, -0.05) is 48.0 Å². The largest absolute Gasteiger partial charge is 0.384 e. The first-order valence-electron chi connectivity index (χ1n) is 11.3. The highest BCUT2D eigenvalue weighted by Gasteiger charge is 2.33. The number of nitrogen functional groups attached to an aromatic ring is 1. The molecule has 0 aliphatic carbocycles. The summed E-state index contributed by atoms with van der Waals surface area (Å²) in [5.41, 5.74) is 12.6. The summed E-state index contributed by atoms with van der Waals surface area (Å²) in [7, 11) is -4.16. The number of amides is 1. The fourth-order valence-corrected chi connectivity index (χ4v) is 5.69. The van der Waals surface area contributed by atoms with E-state index in [1.54, 1.807) is 0 Å². The van der Waals surface area contributed by atoms with Crippen LogP contribution in [-0.2, 0) is 34.2 Å². The minimum Gasteiger partial charge on any atom is -0.384 e. The van der Waals surface area contributed by atoms with Crippen molar-refractivity contribution in [3.8, 4) is 0 Å². The van der Waals surface area contributed by atoms with Gasteiger partial charge in [-0.3, -0.25) is 9.69 Å². The molecule has 2 heterocycles. The van der Waals surface area contributed by atoms with Crippen LogP contribution in [0.2, 0.25) is 0 Å². The molecule has 7 nitrogen and oxygen atoms in total. The predicted molar refractivity (Wildman–Crippen MR) is 133 cm³/mol. The Morgan fingerprint density at radius 2 is 1.74 bits per heavy atom. The van der Waals surface area contributed by atoms with Crippen LogP contribution in [-0.4, -0.2) is 36.8 Å². The van der Waals surface area contributed by atoms with Crippen LogP contribution < -0.4 is 10.5 Å². The number of anilines is 1. The van der Waals surface area contributed by atoms with Crippen molar-refractivity contribution in [2.45, 2.75) is 51.2 Å². The van der Waals surface area contributed by atoms with Gasteiger partial charge in [0.2, 0.25) is 0 Å². The van der Waals surface area contributed by atoms with Gasteiger partial charge in [0, 0.05) is 13.1 Å². The van der Waals surface area contributed by atoms with Crippen LogP contribution in [0.5, 0.6) is 0 Å². The number of hydrogen-bond donors (Lipinski definition) is 2. The Hall–Kier alpha value is -3.23. The molecule has 0 saturated heterocycles. The number of carbonyl (C=O) groups excluding carboxylic acids is 1. The van der Waals surface area contributed by atoms with Crippen LogP contribution in [0.1, 0.15) is 33.4 Å². The van der Waals surface area contributed by atoms with E-state index >= 15 is 0 Å². The summed E-state index contributed by atoms with van der Waals surface area (Å²) in [6.07, 6.45) is 1.21. The number of aryl methyl sites for hydroxylation is 3. The Labute approximate surface area is 201 Å². The van der Waals surface area contributed by atoms with Gasteiger partial charge in [0.1, 0.15) is 5.82 Å². The molecule has 3 N–H and O–H groups in total. The highest BCUT2D eigenvalue weighted by atomic mass is 32.2. The number of nitrogens with two attached hydrogens (primary N) is 1. The molecule has 4 rings (SSSR count). The van der Waals surface area contributed by atoms with E-state index in [1.807, 2.05) is 18.2 Å². The smallest absolute Gasteiger partial charge is 0.281 e. The first-order valence-corrected chi connectivity index (χ1v) is 12.8. The average molecular weight is 479 g/mol. The minimum absolute atomic E-state index is 0.0747. The third kappa shape index (κ3) is 5.13. The van der Waals surface area contributed by atoms with Crippen LogP contribution in [0.3, 0.4) is 0 Å². The van der Waals surface area contributed by atoms with E-state index in [9.17, 15) is 13.2 Å². The van der Waals surface area contributed by atoms with Crippen LogP contribution in [0.4, 0.5) is 5.82 Å². The van der Waals surface area contributed by atoms with E-state index in [-0.39, 0.29) is 10.8 Å². The molecule has 0 bridgehead atoms. The van der Waals surface area contributed by atoms with Crippen molar-refractivity contribution < 1.29 is 13.2 Å². The number of sulfonamides is 1. The van der Waals surface area contributed by atoms with Crippen molar-refractivity contribution >= 4 is 21.7 Å². The molecule has 1 atom stereocenters. The van der Waals surface area contributed by atoms with Crippen LogP contribution in [0.15, 0.2) is 59.6 Å². The third-order valence-electron chi connectivity index (χ3n) is 6.40. The fraction of sp³-hybridized carbons (Fsp3) is 0.308. The summed E-state index contributed by atoms with van der Waals surface area (Å²) >= 11 is 0. The van der Waals surface area contributed by atoms with Crippen LogP contribution >= 0.6 is 0 Å². The predicted octanol–water partition coefficient (Wildman–Crippen LogP) is 3.06. The topological polar surface area (TPSA) is 105 Å². The summed E-state index contributed by atoms with van der Waals surface area (Å²) in [5.74, 6) is -0.492. The van der Waals surface area contributed by atoms with Crippen molar-refractivity contribution in [1.82, 2.24) is 14.6 Å². The van der Waals surface area contributed by atoms with Crippen molar-refractivity contribution in [1.29, 1.82) is 0 Å². The first-order chi connectivity index (χ1) is 16.1. The monoisotopic (exact) mass is 478 g/mol. The molecule has 3 aromatic rings. The zero-order valence-electron chi connectivity index (χ0n) is 19.7. The molecule has 2 aromatic carbocycles. The number of nitrogens with one attached hydrogen (secondary N) is 1. The van der Waals surface area contributed by atoms with Crippen molar-refractivity contribution in [3.05, 3.63) is 88.0 Å². The van der Waals surface area contributed by atoms with Gasteiger partial charge < -0.3 is 5.73 Å². The van der Waals surface area contributed by atoms with Gasteiger partial charge in [-0.2, -0.15) is 8.42 Å². The molecular weight excluding hydrogens is 448 g/mol. The number of hydrogen-bond acceptors (Lipinski definition) is 6. The van der Waals surface area contributed by atoms with Crippen molar-refractivity contribution in [2.24, 2.45) is 0 Å². The number of benzene rings is 2. The highest BCUT2D eigenvalue weighted by molar-refractivity contribution is 7.90. The molecule has 0 saturated carbocycles. The molecule has 34 heavy (non-hydrogen) atoms. The second-order valence-electron chi connectivity index (χ2n) is 8.96. The lowest BCUT2D eigenvalue weighted by atomic mass is 9.98. The van der Waals surface area contributed by atoms with Gasteiger partial charge in [-0.05, 0) is 73.6 Å². The Bertz CT molecular complexity index is 1310. The van der Waals surface area contributed by atoms with E-state index in [4.69, 9.17) is 5.73 Å². The molecule has 178 valence electrons. The molecule has 0 fully saturated rings. The van der Waals surface area contributed by atoms with Gasteiger partial charge in [0.25, 0.3) is 15.9 Å². The summed E-state index contributed by atoms with van der Waals surface area (Å²) in [6, 6.07) is 16.0. The number of aromatic nitrogens is 1. The Morgan fingerprint density at radius 1 is 1.06 bits per heavy atom.